The molecule has 120 valence electrons. The predicted molar refractivity (Wildman–Crippen MR) is 83.3 cm³/mol. The minimum Gasteiger partial charge on any atom is -0.350 e. The molecule has 2 saturated heterocycles. The van der Waals surface area contributed by atoms with Crippen molar-refractivity contribution in [1.82, 2.24) is 15.5 Å². The molecule has 0 bridgehead atoms. The lowest BCUT2D eigenvalue weighted by molar-refractivity contribution is -0.134. The molecule has 4 unspecified atom stereocenters. The first kappa shape index (κ1) is 16.6. The number of nitrogens with zero attached hydrogens (tertiary/aromatic N) is 1. The number of hydrogen-bond acceptors (Lipinski definition) is 3. The fourth-order valence-corrected chi connectivity index (χ4v) is 3.95. The van der Waals surface area contributed by atoms with Crippen molar-refractivity contribution in [2.45, 2.75) is 63.1 Å². The molecule has 2 aliphatic heterocycles. The van der Waals surface area contributed by atoms with Crippen molar-refractivity contribution in [1.29, 1.82) is 0 Å². The first-order valence-electron chi connectivity index (χ1n) is 7.94. The summed E-state index contributed by atoms with van der Waals surface area (Å²) in [6.45, 7) is 0.643. The van der Waals surface area contributed by atoms with Crippen molar-refractivity contribution in [3.63, 3.8) is 0 Å². The molecule has 21 heavy (non-hydrogen) atoms. The number of halogens is 1. The Morgan fingerprint density at radius 2 is 2.05 bits per heavy atom. The Kier molecular flexibility index (Phi) is 5.49. The molecular formula is C15H26ClN3O2. The number of rotatable bonds is 2. The van der Waals surface area contributed by atoms with Crippen LogP contribution < -0.4 is 10.6 Å². The molecule has 0 aromatic rings. The van der Waals surface area contributed by atoms with Crippen LogP contribution in [-0.2, 0) is 9.59 Å². The first-order chi connectivity index (χ1) is 9.63. The summed E-state index contributed by atoms with van der Waals surface area (Å²) >= 11 is 0. The molecule has 6 heteroatoms. The van der Waals surface area contributed by atoms with Crippen molar-refractivity contribution in [2.75, 3.05) is 13.6 Å². The Balaban J connectivity index is 0.00000161. The van der Waals surface area contributed by atoms with Gasteiger partial charge in [-0.1, -0.05) is 12.8 Å². The van der Waals surface area contributed by atoms with Crippen LogP contribution in [0.1, 0.15) is 44.9 Å². The van der Waals surface area contributed by atoms with Crippen molar-refractivity contribution >= 4 is 24.2 Å². The van der Waals surface area contributed by atoms with Crippen LogP contribution in [-0.4, -0.2) is 48.4 Å². The van der Waals surface area contributed by atoms with Gasteiger partial charge in [0.2, 0.25) is 11.8 Å². The van der Waals surface area contributed by atoms with E-state index in [0.29, 0.717) is 24.9 Å². The Bertz CT molecular complexity index is 390. The second kappa shape index (κ2) is 6.97. The highest BCUT2D eigenvalue weighted by Gasteiger charge is 2.38. The van der Waals surface area contributed by atoms with Crippen LogP contribution >= 0.6 is 12.4 Å². The molecule has 4 atom stereocenters. The van der Waals surface area contributed by atoms with Crippen LogP contribution in [0, 0.1) is 5.92 Å². The third-order valence-corrected chi connectivity index (χ3v) is 5.15. The number of carbonyl (C=O) groups is 2. The van der Waals surface area contributed by atoms with Crippen LogP contribution in [0.15, 0.2) is 0 Å². The van der Waals surface area contributed by atoms with E-state index in [1.807, 2.05) is 7.05 Å². The SMILES string of the molecule is CN1CC(NC(=O)C2CC3CCCCC3N2)CCC1=O.Cl. The third kappa shape index (κ3) is 3.69. The van der Waals surface area contributed by atoms with Crippen molar-refractivity contribution in [3.05, 3.63) is 0 Å². The average Bonchev–Trinajstić information content (AvgIpc) is 2.87. The maximum Gasteiger partial charge on any atom is 0.237 e. The lowest BCUT2D eigenvalue weighted by Crippen LogP contribution is -2.52. The summed E-state index contributed by atoms with van der Waals surface area (Å²) < 4.78 is 0. The maximum atomic E-state index is 12.4. The molecule has 0 spiro atoms. The lowest BCUT2D eigenvalue weighted by Gasteiger charge is -2.30. The van der Waals surface area contributed by atoms with Crippen molar-refractivity contribution in [3.8, 4) is 0 Å². The number of hydrogen-bond donors (Lipinski definition) is 2. The number of nitrogens with one attached hydrogen (secondary N) is 2. The molecule has 3 aliphatic rings. The zero-order valence-corrected chi connectivity index (χ0v) is 13.5. The van der Waals surface area contributed by atoms with Gasteiger partial charge in [0.15, 0.2) is 0 Å². The smallest absolute Gasteiger partial charge is 0.237 e. The van der Waals surface area contributed by atoms with Gasteiger partial charge in [-0.05, 0) is 31.6 Å². The fourth-order valence-electron chi connectivity index (χ4n) is 3.95. The van der Waals surface area contributed by atoms with Crippen LogP contribution in [0.2, 0.25) is 0 Å². The molecule has 1 aliphatic carbocycles. The van der Waals surface area contributed by atoms with E-state index < -0.39 is 0 Å². The number of carbonyl (C=O) groups excluding carboxylic acids is 2. The minimum atomic E-state index is -0.0222. The summed E-state index contributed by atoms with van der Waals surface area (Å²) in [5.74, 6) is 1.00. The number of likely N-dealkylation sites (tertiary alicyclic amines) is 1. The van der Waals surface area contributed by atoms with E-state index in [1.165, 1.54) is 25.7 Å². The normalized spacial score (nSPS) is 35.9. The number of likely N-dealkylation sites (N-methyl/N-ethyl adjacent to an activating group) is 1. The van der Waals surface area contributed by atoms with E-state index in [1.54, 1.807) is 4.90 Å². The fraction of sp³-hybridized carbons (Fsp3) is 0.867. The Morgan fingerprint density at radius 1 is 1.29 bits per heavy atom. The molecule has 0 radical (unpaired) electrons. The molecule has 2 N–H and O–H groups in total. The highest BCUT2D eigenvalue weighted by atomic mass is 35.5. The first-order valence-corrected chi connectivity index (χ1v) is 7.94. The number of fused-ring (bicyclic) bond motifs is 1. The van der Waals surface area contributed by atoms with E-state index in [-0.39, 0.29) is 36.3 Å². The zero-order valence-electron chi connectivity index (χ0n) is 12.6. The molecule has 3 fully saturated rings. The van der Waals surface area contributed by atoms with E-state index >= 15 is 0 Å². The Morgan fingerprint density at radius 3 is 2.76 bits per heavy atom. The van der Waals surface area contributed by atoms with Gasteiger partial charge in [-0.25, -0.2) is 0 Å². The highest BCUT2D eigenvalue weighted by molar-refractivity contribution is 5.85. The van der Waals surface area contributed by atoms with E-state index in [0.717, 1.165) is 12.8 Å². The average molecular weight is 316 g/mol. The van der Waals surface area contributed by atoms with Gasteiger partial charge in [-0.2, -0.15) is 0 Å². The summed E-state index contributed by atoms with van der Waals surface area (Å²) in [5.41, 5.74) is 0. The van der Waals surface area contributed by atoms with Crippen LogP contribution in [0.3, 0.4) is 0 Å². The standard InChI is InChI=1S/C15H25N3O2.ClH/c1-18-9-11(6-7-14(18)19)16-15(20)13-8-10-4-2-3-5-12(10)17-13;/h10-13,17H,2-9H2,1H3,(H,16,20);1H. The highest BCUT2D eigenvalue weighted by Crippen LogP contribution is 2.33. The van der Waals surface area contributed by atoms with Gasteiger partial charge >= 0.3 is 0 Å². The quantitative estimate of drug-likeness (QED) is 0.801. The van der Waals surface area contributed by atoms with Gasteiger partial charge in [0.05, 0.1) is 6.04 Å². The molecule has 1 saturated carbocycles. The van der Waals surface area contributed by atoms with Gasteiger partial charge in [0, 0.05) is 32.1 Å². The van der Waals surface area contributed by atoms with Gasteiger partial charge in [-0.15, -0.1) is 12.4 Å². The molecule has 2 amide bonds. The zero-order chi connectivity index (χ0) is 14.1. The number of piperidine rings is 1. The van der Waals surface area contributed by atoms with Gasteiger partial charge in [0.1, 0.15) is 0 Å². The maximum absolute atomic E-state index is 12.4. The monoisotopic (exact) mass is 315 g/mol. The van der Waals surface area contributed by atoms with Crippen molar-refractivity contribution < 1.29 is 9.59 Å². The molecule has 0 aromatic heterocycles. The largest absolute Gasteiger partial charge is 0.350 e. The molecule has 5 nitrogen and oxygen atoms in total. The van der Waals surface area contributed by atoms with Gasteiger partial charge < -0.3 is 15.5 Å². The molecule has 2 heterocycles. The summed E-state index contributed by atoms with van der Waals surface area (Å²) in [5, 5.41) is 6.64. The summed E-state index contributed by atoms with van der Waals surface area (Å²) in [6, 6.07) is 0.649. The summed E-state index contributed by atoms with van der Waals surface area (Å²) in [7, 11) is 1.81. The van der Waals surface area contributed by atoms with Gasteiger partial charge in [0.25, 0.3) is 0 Å². The summed E-state index contributed by atoms with van der Waals surface area (Å²) in [4.78, 5) is 25.5. The number of amides is 2. The van der Waals surface area contributed by atoms with Crippen molar-refractivity contribution in [2.24, 2.45) is 5.92 Å². The van der Waals surface area contributed by atoms with E-state index in [4.69, 9.17) is 0 Å². The lowest BCUT2D eigenvalue weighted by atomic mass is 9.85. The molecule has 3 rings (SSSR count). The van der Waals surface area contributed by atoms with Crippen LogP contribution in [0.4, 0.5) is 0 Å². The third-order valence-electron chi connectivity index (χ3n) is 5.15. The van der Waals surface area contributed by atoms with E-state index in [2.05, 4.69) is 10.6 Å². The van der Waals surface area contributed by atoms with Crippen LogP contribution in [0.25, 0.3) is 0 Å². The minimum absolute atomic E-state index is 0. The Labute approximate surface area is 132 Å². The van der Waals surface area contributed by atoms with Gasteiger partial charge in [-0.3, -0.25) is 9.59 Å². The van der Waals surface area contributed by atoms with E-state index in [9.17, 15) is 9.59 Å². The second-order valence-corrected chi connectivity index (χ2v) is 6.62. The van der Waals surface area contributed by atoms with Crippen LogP contribution in [0.5, 0.6) is 0 Å². The predicted octanol–water partition coefficient (Wildman–Crippen LogP) is 1.07. The molecule has 0 aromatic carbocycles. The second-order valence-electron chi connectivity index (χ2n) is 6.62. The molecular weight excluding hydrogens is 290 g/mol. The summed E-state index contributed by atoms with van der Waals surface area (Å²) in [6.07, 6.45) is 7.39. The topological polar surface area (TPSA) is 61.4 Å². The Hall–Kier alpha value is -0.810.